The van der Waals surface area contributed by atoms with Crippen LogP contribution in [0.15, 0.2) is 79.0 Å². The van der Waals surface area contributed by atoms with Gasteiger partial charge < -0.3 is 15.2 Å². The van der Waals surface area contributed by atoms with Crippen molar-refractivity contribution in [2.45, 2.75) is 45.0 Å². The molecule has 0 aliphatic heterocycles. The Balaban J connectivity index is 1.65. The van der Waals surface area contributed by atoms with E-state index >= 15 is 0 Å². The largest absolute Gasteiger partial charge is 0.479 e. The number of ether oxygens (including phenoxy) is 1. The van der Waals surface area contributed by atoms with Crippen LogP contribution in [0.2, 0.25) is 0 Å². The summed E-state index contributed by atoms with van der Waals surface area (Å²) in [4.78, 5) is 11.2. The minimum Gasteiger partial charge on any atom is -0.479 e. The van der Waals surface area contributed by atoms with Gasteiger partial charge in [0.2, 0.25) is 0 Å². The number of rotatable bonds is 10. The summed E-state index contributed by atoms with van der Waals surface area (Å²) in [5.41, 5.74) is 3.87. The molecule has 0 spiro atoms. The van der Waals surface area contributed by atoms with Crippen LogP contribution in [0.5, 0.6) is 5.75 Å². The monoisotopic (exact) mass is 537 g/mol. The lowest BCUT2D eigenvalue weighted by Gasteiger charge is -2.21. The topological polar surface area (TPSA) is 76.4 Å². The first kappa shape index (κ1) is 27.9. The van der Waals surface area contributed by atoms with Gasteiger partial charge in [-0.15, -0.1) is 0 Å². The average Bonchev–Trinajstić information content (AvgIpc) is 3.36. The van der Waals surface area contributed by atoms with Gasteiger partial charge in [-0.05, 0) is 79.9 Å². The smallest absolute Gasteiger partial charge is 0.416 e. The molecule has 2 N–H and O–H groups in total. The summed E-state index contributed by atoms with van der Waals surface area (Å²) in [5.74, 6) is -0.557. The Morgan fingerprint density at radius 2 is 1.82 bits per heavy atom. The molecule has 2 unspecified atom stereocenters. The first-order valence-electron chi connectivity index (χ1n) is 12.5. The zero-order valence-electron chi connectivity index (χ0n) is 21.9. The number of nitrogens with one attached hydrogen (secondary N) is 1. The molecule has 6 nitrogen and oxygen atoms in total. The van der Waals surface area contributed by atoms with Crippen molar-refractivity contribution in [3.8, 4) is 11.4 Å². The number of aryl methyl sites for hydroxylation is 1. The molecule has 204 valence electrons. The fraction of sp³-hybridized carbons (Fsp3) is 0.267. The van der Waals surface area contributed by atoms with Crippen molar-refractivity contribution in [3.05, 3.63) is 113 Å². The summed E-state index contributed by atoms with van der Waals surface area (Å²) in [6.45, 7) is 3.32. The van der Waals surface area contributed by atoms with Gasteiger partial charge in [0.1, 0.15) is 5.75 Å². The van der Waals surface area contributed by atoms with Crippen LogP contribution >= 0.6 is 0 Å². The Bertz CT molecular complexity index is 1430. The SMILES string of the molecule is CNC(Cc1ccnn1-c1ccc(C(F)(F)F)cc1Cc1ccccc1)c1ccc(OC(C)C(=O)O)c(C)c1. The second-order valence-corrected chi connectivity index (χ2v) is 9.41. The van der Waals surface area contributed by atoms with E-state index in [1.807, 2.05) is 62.5 Å². The van der Waals surface area contributed by atoms with Crippen LogP contribution in [0.25, 0.3) is 5.69 Å². The summed E-state index contributed by atoms with van der Waals surface area (Å²) >= 11 is 0. The number of likely N-dealkylation sites (N-methyl/N-ethyl adjacent to an activating group) is 1. The van der Waals surface area contributed by atoms with Crippen LogP contribution in [0.3, 0.4) is 0 Å². The highest BCUT2D eigenvalue weighted by atomic mass is 19.4. The van der Waals surface area contributed by atoms with Gasteiger partial charge in [0.25, 0.3) is 0 Å². The molecule has 0 amide bonds. The molecular formula is C30H30F3N3O3. The maximum Gasteiger partial charge on any atom is 0.416 e. The molecule has 4 rings (SSSR count). The van der Waals surface area contributed by atoms with E-state index in [2.05, 4.69) is 10.4 Å². The molecule has 0 radical (unpaired) electrons. The number of hydrogen-bond donors (Lipinski definition) is 2. The Morgan fingerprint density at radius 1 is 1.08 bits per heavy atom. The zero-order chi connectivity index (χ0) is 28.2. The quantitative estimate of drug-likeness (QED) is 0.254. The standard InChI is InChI=1S/C30H30F3N3O3/c1-19-15-22(9-12-28(19)39-20(2)29(37)38)26(34-3)18-25-13-14-35-36(25)27-11-10-24(30(31,32)33)17-23(27)16-21-7-5-4-6-8-21/h4-15,17,20,26,34H,16,18H2,1-3H3,(H,37,38). The van der Waals surface area contributed by atoms with Crippen molar-refractivity contribution in [3.63, 3.8) is 0 Å². The summed E-state index contributed by atoms with van der Waals surface area (Å²) in [6.07, 6.45) is -2.96. The van der Waals surface area contributed by atoms with Crippen LogP contribution in [0, 0.1) is 6.92 Å². The highest BCUT2D eigenvalue weighted by Crippen LogP contribution is 2.33. The van der Waals surface area contributed by atoms with Gasteiger partial charge in [-0.1, -0.05) is 42.5 Å². The fourth-order valence-electron chi connectivity index (χ4n) is 4.49. The normalized spacial score (nSPS) is 13.2. The summed E-state index contributed by atoms with van der Waals surface area (Å²) < 4.78 is 47.9. The number of halogens is 3. The second kappa shape index (κ2) is 11.7. The van der Waals surface area contributed by atoms with Gasteiger partial charge in [0, 0.05) is 24.4 Å². The zero-order valence-corrected chi connectivity index (χ0v) is 21.9. The Kier molecular flexibility index (Phi) is 8.40. The third-order valence-corrected chi connectivity index (χ3v) is 6.61. The van der Waals surface area contributed by atoms with E-state index < -0.39 is 23.8 Å². The van der Waals surface area contributed by atoms with Gasteiger partial charge in [0.05, 0.1) is 11.3 Å². The average molecular weight is 538 g/mol. The van der Waals surface area contributed by atoms with Crippen molar-refractivity contribution < 1.29 is 27.8 Å². The van der Waals surface area contributed by atoms with E-state index in [9.17, 15) is 18.0 Å². The maximum absolute atomic E-state index is 13.6. The summed E-state index contributed by atoms with van der Waals surface area (Å²) in [7, 11) is 1.83. The molecule has 39 heavy (non-hydrogen) atoms. The van der Waals surface area contributed by atoms with Crippen LogP contribution < -0.4 is 10.1 Å². The van der Waals surface area contributed by atoms with E-state index in [1.54, 1.807) is 16.9 Å². The second-order valence-electron chi connectivity index (χ2n) is 9.41. The third kappa shape index (κ3) is 6.67. The highest BCUT2D eigenvalue weighted by Gasteiger charge is 2.31. The number of aromatic nitrogens is 2. The molecule has 0 bridgehead atoms. The molecule has 0 aliphatic carbocycles. The van der Waals surface area contributed by atoms with Crippen molar-refractivity contribution in [2.75, 3.05) is 7.05 Å². The Morgan fingerprint density at radius 3 is 2.46 bits per heavy atom. The van der Waals surface area contributed by atoms with E-state index in [1.165, 1.54) is 19.1 Å². The number of benzene rings is 3. The molecule has 3 aromatic carbocycles. The molecule has 0 aliphatic rings. The predicted octanol–water partition coefficient (Wildman–Crippen LogP) is 6.15. The van der Waals surface area contributed by atoms with Gasteiger partial charge in [-0.25, -0.2) is 9.48 Å². The van der Waals surface area contributed by atoms with E-state index in [-0.39, 0.29) is 6.04 Å². The summed E-state index contributed by atoms with van der Waals surface area (Å²) in [5, 5.41) is 16.9. The van der Waals surface area contributed by atoms with Gasteiger partial charge in [-0.3, -0.25) is 0 Å². The molecule has 0 fully saturated rings. The number of hydrogen-bond acceptors (Lipinski definition) is 4. The molecule has 0 saturated carbocycles. The molecule has 1 aromatic heterocycles. The van der Waals surface area contributed by atoms with Crippen molar-refractivity contribution in [1.29, 1.82) is 0 Å². The molecule has 1 heterocycles. The number of aliphatic carboxylic acids is 1. The first-order chi connectivity index (χ1) is 18.6. The minimum absolute atomic E-state index is 0.142. The molecule has 2 atom stereocenters. The van der Waals surface area contributed by atoms with Crippen molar-refractivity contribution >= 4 is 5.97 Å². The number of carboxylic acid groups (broad SMARTS) is 1. The fourth-order valence-corrected chi connectivity index (χ4v) is 4.49. The van der Waals surface area contributed by atoms with E-state index in [0.29, 0.717) is 29.8 Å². The van der Waals surface area contributed by atoms with Crippen LogP contribution in [-0.2, 0) is 23.8 Å². The van der Waals surface area contributed by atoms with Gasteiger partial charge >= 0.3 is 12.1 Å². The van der Waals surface area contributed by atoms with Gasteiger partial charge in [0.15, 0.2) is 6.10 Å². The lowest BCUT2D eigenvalue weighted by Crippen LogP contribution is -2.23. The summed E-state index contributed by atoms with van der Waals surface area (Å²) in [6, 6.07) is 20.4. The van der Waals surface area contributed by atoms with Crippen LogP contribution in [0.4, 0.5) is 13.2 Å². The lowest BCUT2D eigenvalue weighted by molar-refractivity contribution is -0.144. The first-order valence-corrected chi connectivity index (χ1v) is 12.5. The predicted molar refractivity (Wildman–Crippen MR) is 142 cm³/mol. The Hall–Kier alpha value is -4.11. The number of carboxylic acids is 1. The number of carbonyl (C=O) groups is 1. The van der Waals surface area contributed by atoms with Crippen molar-refractivity contribution in [1.82, 2.24) is 15.1 Å². The van der Waals surface area contributed by atoms with Gasteiger partial charge in [-0.2, -0.15) is 18.3 Å². The van der Waals surface area contributed by atoms with Crippen molar-refractivity contribution in [2.24, 2.45) is 0 Å². The van der Waals surface area contributed by atoms with Crippen LogP contribution in [0.1, 0.15) is 46.5 Å². The van der Waals surface area contributed by atoms with Crippen LogP contribution in [-0.4, -0.2) is 34.0 Å². The Labute approximate surface area is 225 Å². The number of nitrogens with zero attached hydrogens (tertiary/aromatic N) is 2. The minimum atomic E-state index is -4.45. The third-order valence-electron chi connectivity index (χ3n) is 6.61. The van der Waals surface area contributed by atoms with E-state index in [0.717, 1.165) is 28.5 Å². The molecule has 9 heteroatoms. The molecule has 0 saturated heterocycles. The highest BCUT2D eigenvalue weighted by molar-refractivity contribution is 5.72. The molecular weight excluding hydrogens is 507 g/mol. The lowest BCUT2D eigenvalue weighted by atomic mass is 9.98. The maximum atomic E-state index is 13.6. The molecule has 4 aromatic rings. The number of alkyl halides is 3. The van der Waals surface area contributed by atoms with E-state index in [4.69, 9.17) is 9.84 Å².